The van der Waals surface area contributed by atoms with Crippen LogP contribution in [0.3, 0.4) is 0 Å². The lowest BCUT2D eigenvalue weighted by Gasteiger charge is -2.00. The number of nitrogens with one attached hydrogen (secondary N) is 1. The molecule has 2 aromatic rings. The van der Waals surface area contributed by atoms with E-state index < -0.39 is 0 Å². The summed E-state index contributed by atoms with van der Waals surface area (Å²) in [5.74, 6) is -0.115. The molecule has 0 aliphatic rings. The third-order valence-electron chi connectivity index (χ3n) is 1.68. The first-order valence-electron chi connectivity index (χ1n) is 3.69. The summed E-state index contributed by atoms with van der Waals surface area (Å²) >= 11 is 0. The molecule has 0 saturated carbocycles. The number of aromatic hydroxyl groups is 1. The van der Waals surface area contributed by atoms with Gasteiger partial charge >= 0.3 is 5.69 Å². The molecule has 13 heavy (non-hydrogen) atoms. The third kappa shape index (κ3) is 1.20. The lowest BCUT2D eigenvalue weighted by atomic mass is 10.4. The monoisotopic (exact) mass is 177 g/mol. The van der Waals surface area contributed by atoms with E-state index in [2.05, 4.69) is 9.97 Å². The Labute approximate surface area is 73.3 Å². The maximum Gasteiger partial charge on any atom is 0.333 e. The summed E-state index contributed by atoms with van der Waals surface area (Å²) in [6.45, 7) is 0. The fraction of sp³-hybridized carbons (Fsp3) is 0. The molecule has 0 aromatic carbocycles. The van der Waals surface area contributed by atoms with Crippen LogP contribution in [0.2, 0.25) is 0 Å². The van der Waals surface area contributed by atoms with Crippen molar-refractivity contribution >= 4 is 0 Å². The van der Waals surface area contributed by atoms with Crippen LogP contribution in [-0.2, 0) is 0 Å². The minimum absolute atomic E-state index is 0.115. The third-order valence-corrected chi connectivity index (χ3v) is 1.68. The van der Waals surface area contributed by atoms with E-state index in [4.69, 9.17) is 0 Å². The van der Waals surface area contributed by atoms with Gasteiger partial charge in [-0.15, -0.1) is 0 Å². The molecule has 0 aliphatic carbocycles. The first-order chi connectivity index (χ1) is 6.29. The molecule has 0 radical (unpaired) electrons. The van der Waals surface area contributed by atoms with Crippen LogP contribution in [-0.4, -0.2) is 19.6 Å². The van der Waals surface area contributed by atoms with Crippen molar-refractivity contribution in [2.45, 2.75) is 0 Å². The molecular formula is C8H7N3O2. The van der Waals surface area contributed by atoms with Crippen molar-refractivity contribution in [2.24, 2.45) is 0 Å². The van der Waals surface area contributed by atoms with Crippen LogP contribution in [0, 0.1) is 0 Å². The number of rotatable bonds is 1. The van der Waals surface area contributed by atoms with E-state index in [1.807, 2.05) is 0 Å². The van der Waals surface area contributed by atoms with Crippen LogP contribution < -0.4 is 5.69 Å². The molecule has 0 aliphatic heterocycles. The highest BCUT2D eigenvalue weighted by molar-refractivity contribution is 5.32. The number of aromatic amines is 1. The van der Waals surface area contributed by atoms with Crippen LogP contribution in [0.25, 0.3) is 5.69 Å². The van der Waals surface area contributed by atoms with Gasteiger partial charge in [-0.1, -0.05) is 0 Å². The molecule has 0 bridgehead atoms. The Morgan fingerprint density at radius 3 is 2.62 bits per heavy atom. The van der Waals surface area contributed by atoms with E-state index in [1.54, 1.807) is 24.5 Å². The molecule has 2 N–H and O–H groups in total. The van der Waals surface area contributed by atoms with Gasteiger partial charge in [-0.3, -0.25) is 4.98 Å². The van der Waals surface area contributed by atoms with E-state index in [9.17, 15) is 9.90 Å². The zero-order valence-electron chi connectivity index (χ0n) is 6.64. The highest BCUT2D eigenvalue weighted by atomic mass is 16.3. The molecule has 2 rings (SSSR count). The molecule has 0 unspecified atom stereocenters. The number of hydrogen-bond acceptors (Lipinski definition) is 3. The molecule has 0 atom stereocenters. The van der Waals surface area contributed by atoms with Crippen LogP contribution in [0.4, 0.5) is 0 Å². The maximum absolute atomic E-state index is 11.2. The summed E-state index contributed by atoms with van der Waals surface area (Å²) in [7, 11) is 0. The first-order valence-corrected chi connectivity index (χ1v) is 3.69. The van der Waals surface area contributed by atoms with E-state index >= 15 is 0 Å². The van der Waals surface area contributed by atoms with Crippen LogP contribution in [0.1, 0.15) is 0 Å². The molecule has 0 fully saturated rings. The number of aromatic nitrogens is 3. The second-order valence-corrected chi connectivity index (χ2v) is 2.49. The van der Waals surface area contributed by atoms with E-state index in [0.29, 0.717) is 5.69 Å². The SMILES string of the molecule is O=c1[nH]cc(O)n1-c1ccncc1. The predicted molar refractivity (Wildman–Crippen MR) is 45.8 cm³/mol. The fourth-order valence-electron chi connectivity index (χ4n) is 1.10. The number of imidazole rings is 1. The predicted octanol–water partition coefficient (Wildman–Crippen LogP) is 0.266. The van der Waals surface area contributed by atoms with Gasteiger partial charge in [-0.25, -0.2) is 9.36 Å². The van der Waals surface area contributed by atoms with Gasteiger partial charge in [0, 0.05) is 12.4 Å². The number of nitrogens with zero attached hydrogens (tertiary/aromatic N) is 2. The highest BCUT2D eigenvalue weighted by Gasteiger charge is 2.05. The van der Waals surface area contributed by atoms with Crippen LogP contribution >= 0.6 is 0 Å². The summed E-state index contributed by atoms with van der Waals surface area (Å²) in [4.78, 5) is 17.3. The lowest BCUT2D eigenvalue weighted by Crippen LogP contribution is -2.14. The summed E-state index contributed by atoms with van der Waals surface area (Å²) in [5.41, 5.74) is 0.211. The van der Waals surface area contributed by atoms with Crippen molar-refractivity contribution in [1.29, 1.82) is 0 Å². The second kappa shape index (κ2) is 2.78. The number of pyridine rings is 1. The average molecular weight is 177 g/mol. The Hall–Kier alpha value is -2.04. The fourth-order valence-corrected chi connectivity index (χ4v) is 1.10. The van der Waals surface area contributed by atoms with Gasteiger partial charge in [0.15, 0.2) is 0 Å². The Balaban J connectivity index is 2.65. The first kappa shape index (κ1) is 7.60. The van der Waals surface area contributed by atoms with Crippen molar-refractivity contribution in [3.05, 3.63) is 41.2 Å². The van der Waals surface area contributed by atoms with Gasteiger partial charge in [0.05, 0.1) is 11.9 Å². The average Bonchev–Trinajstić information content (AvgIpc) is 2.48. The highest BCUT2D eigenvalue weighted by Crippen LogP contribution is 2.10. The van der Waals surface area contributed by atoms with E-state index in [-0.39, 0.29) is 11.6 Å². The topological polar surface area (TPSA) is 70.9 Å². The Kier molecular flexibility index (Phi) is 1.63. The van der Waals surface area contributed by atoms with Gasteiger partial charge in [0.2, 0.25) is 5.88 Å². The molecule has 0 amide bonds. The van der Waals surface area contributed by atoms with Gasteiger partial charge < -0.3 is 10.1 Å². The van der Waals surface area contributed by atoms with Crippen molar-refractivity contribution in [1.82, 2.24) is 14.5 Å². The normalized spacial score (nSPS) is 10.2. The van der Waals surface area contributed by atoms with E-state index in [0.717, 1.165) is 4.57 Å². The smallest absolute Gasteiger partial charge is 0.333 e. The van der Waals surface area contributed by atoms with Crippen molar-refractivity contribution < 1.29 is 5.11 Å². The summed E-state index contributed by atoms with van der Waals surface area (Å²) < 4.78 is 1.15. The summed E-state index contributed by atoms with van der Waals surface area (Å²) in [6, 6.07) is 3.27. The molecule has 0 spiro atoms. The Bertz CT molecular complexity index is 458. The number of hydrogen-bond donors (Lipinski definition) is 2. The van der Waals surface area contributed by atoms with Crippen LogP contribution in [0.15, 0.2) is 35.5 Å². The molecule has 66 valence electrons. The Morgan fingerprint density at radius 2 is 2.08 bits per heavy atom. The van der Waals surface area contributed by atoms with Gasteiger partial charge in [0.1, 0.15) is 0 Å². The lowest BCUT2D eigenvalue weighted by molar-refractivity contribution is 0.441. The molecule has 5 nitrogen and oxygen atoms in total. The van der Waals surface area contributed by atoms with Gasteiger partial charge in [-0.05, 0) is 12.1 Å². The van der Waals surface area contributed by atoms with Crippen molar-refractivity contribution in [3.63, 3.8) is 0 Å². The molecular weight excluding hydrogens is 170 g/mol. The number of H-pyrrole nitrogens is 1. The molecule has 5 heteroatoms. The molecule has 2 heterocycles. The minimum Gasteiger partial charge on any atom is -0.493 e. The van der Waals surface area contributed by atoms with Crippen molar-refractivity contribution in [3.8, 4) is 11.6 Å². The van der Waals surface area contributed by atoms with Gasteiger partial charge in [0.25, 0.3) is 0 Å². The van der Waals surface area contributed by atoms with Crippen LogP contribution in [0.5, 0.6) is 5.88 Å². The summed E-state index contributed by atoms with van der Waals surface area (Å²) in [6.07, 6.45) is 4.34. The zero-order valence-corrected chi connectivity index (χ0v) is 6.64. The quantitative estimate of drug-likeness (QED) is 0.656. The Morgan fingerprint density at radius 1 is 1.38 bits per heavy atom. The van der Waals surface area contributed by atoms with Crippen molar-refractivity contribution in [2.75, 3.05) is 0 Å². The molecule has 2 aromatic heterocycles. The largest absolute Gasteiger partial charge is 0.493 e. The standard InChI is InChI=1S/C8H7N3O2/c12-7-5-10-8(13)11(7)6-1-3-9-4-2-6/h1-5,12H,(H,10,13). The van der Waals surface area contributed by atoms with E-state index in [1.165, 1.54) is 6.20 Å². The summed E-state index contributed by atoms with van der Waals surface area (Å²) in [5, 5.41) is 9.30. The maximum atomic E-state index is 11.2. The van der Waals surface area contributed by atoms with Gasteiger partial charge in [-0.2, -0.15) is 0 Å². The molecule has 0 saturated heterocycles. The second-order valence-electron chi connectivity index (χ2n) is 2.49. The zero-order chi connectivity index (χ0) is 9.26. The minimum atomic E-state index is -0.372.